The van der Waals surface area contributed by atoms with Crippen LogP contribution in [0.5, 0.6) is 0 Å². The summed E-state index contributed by atoms with van der Waals surface area (Å²) in [5, 5.41) is 12.0. The Kier molecular flexibility index (Phi) is 8.10. The Morgan fingerprint density at radius 2 is 2.00 bits per heavy atom. The minimum absolute atomic E-state index is 0.0675. The molecular formula is C16H16Cl2N2O4. The summed E-state index contributed by atoms with van der Waals surface area (Å²) < 4.78 is 9.77. The largest absolute Gasteiger partial charge is 0.462 e. The van der Waals surface area contributed by atoms with E-state index in [-0.39, 0.29) is 40.1 Å². The number of ether oxygens (including phenoxy) is 2. The Balaban J connectivity index is 3.08. The zero-order chi connectivity index (χ0) is 18.1. The van der Waals surface area contributed by atoms with E-state index in [0.29, 0.717) is 6.42 Å². The topological polar surface area (TPSA) is 88.4 Å². The Morgan fingerprint density at radius 3 is 2.58 bits per heavy atom. The van der Waals surface area contributed by atoms with Crippen LogP contribution in [0.3, 0.4) is 0 Å². The first-order valence-electron chi connectivity index (χ1n) is 7.14. The molecule has 0 aromatic heterocycles. The van der Waals surface area contributed by atoms with Crippen LogP contribution in [0.15, 0.2) is 23.9 Å². The summed E-state index contributed by atoms with van der Waals surface area (Å²) in [5.41, 5.74) is 0.0934. The minimum Gasteiger partial charge on any atom is -0.462 e. The lowest BCUT2D eigenvalue weighted by molar-refractivity contribution is -0.138. The number of hydrogen-bond acceptors (Lipinski definition) is 6. The molecule has 1 aromatic carbocycles. The molecule has 0 bridgehead atoms. The van der Waals surface area contributed by atoms with Gasteiger partial charge in [-0.25, -0.2) is 9.59 Å². The van der Waals surface area contributed by atoms with Gasteiger partial charge >= 0.3 is 11.9 Å². The Bertz CT molecular complexity index is 696. The zero-order valence-corrected chi connectivity index (χ0v) is 14.7. The molecule has 128 valence electrons. The highest BCUT2D eigenvalue weighted by Gasteiger charge is 2.17. The average molecular weight is 371 g/mol. The Labute approximate surface area is 149 Å². The van der Waals surface area contributed by atoms with Crippen molar-refractivity contribution in [1.29, 1.82) is 5.26 Å². The molecule has 0 saturated heterocycles. The van der Waals surface area contributed by atoms with E-state index in [4.69, 9.17) is 37.9 Å². The molecule has 1 rings (SSSR count). The predicted octanol–water partition coefficient (Wildman–Crippen LogP) is 3.94. The first-order valence-corrected chi connectivity index (χ1v) is 7.90. The molecule has 1 aromatic rings. The van der Waals surface area contributed by atoms with E-state index in [2.05, 4.69) is 5.32 Å². The number of carbonyl (C=O) groups is 2. The van der Waals surface area contributed by atoms with Crippen molar-refractivity contribution in [3.63, 3.8) is 0 Å². The molecule has 0 aliphatic carbocycles. The highest BCUT2D eigenvalue weighted by Crippen LogP contribution is 2.31. The van der Waals surface area contributed by atoms with Gasteiger partial charge in [-0.05, 0) is 25.5 Å². The van der Waals surface area contributed by atoms with Crippen molar-refractivity contribution in [2.45, 2.75) is 20.3 Å². The SMILES string of the molecule is CCCOC(=O)c1cc(Cl)cc(NC=C(C#N)C(=O)OCC)c1Cl. The van der Waals surface area contributed by atoms with Gasteiger partial charge in [0.15, 0.2) is 5.57 Å². The van der Waals surface area contributed by atoms with E-state index in [1.807, 2.05) is 6.92 Å². The van der Waals surface area contributed by atoms with Gasteiger partial charge in [-0.15, -0.1) is 0 Å². The van der Waals surface area contributed by atoms with Crippen molar-refractivity contribution in [3.05, 3.63) is 39.5 Å². The third kappa shape index (κ3) is 5.44. The van der Waals surface area contributed by atoms with Crippen molar-refractivity contribution in [3.8, 4) is 6.07 Å². The van der Waals surface area contributed by atoms with Crippen molar-refractivity contribution in [1.82, 2.24) is 0 Å². The fraction of sp³-hybridized carbons (Fsp3) is 0.312. The summed E-state index contributed by atoms with van der Waals surface area (Å²) in [5.74, 6) is -1.38. The van der Waals surface area contributed by atoms with Crippen LogP contribution in [0, 0.1) is 11.3 Å². The molecule has 0 aliphatic rings. The van der Waals surface area contributed by atoms with E-state index in [0.717, 1.165) is 6.20 Å². The van der Waals surface area contributed by atoms with Gasteiger partial charge in [0.1, 0.15) is 6.07 Å². The van der Waals surface area contributed by atoms with Gasteiger partial charge in [-0.3, -0.25) is 0 Å². The molecule has 0 heterocycles. The van der Waals surface area contributed by atoms with Crippen molar-refractivity contribution < 1.29 is 19.1 Å². The normalized spacial score (nSPS) is 10.7. The zero-order valence-electron chi connectivity index (χ0n) is 13.2. The number of nitrogens with one attached hydrogen (secondary N) is 1. The fourth-order valence-electron chi connectivity index (χ4n) is 1.61. The standard InChI is InChI=1S/C16H16Cl2N2O4/c1-3-5-24-16(22)12-6-11(17)7-13(14(12)18)20-9-10(8-19)15(21)23-4-2/h6-7,9,20H,3-5H2,1-2H3. The van der Waals surface area contributed by atoms with Crippen LogP contribution in [0.25, 0.3) is 0 Å². The molecule has 0 saturated carbocycles. The molecule has 0 radical (unpaired) electrons. The summed E-state index contributed by atoms with van der Waals surface area (Å²) in [6.07, 6.45) is 1.81. The van der Waals surface area contributed by atoms with Crippen LogP contribution >= 0.6 is 23.2 Å². The number of esters is 2. The highest BCUT2D eigenvalue weighted by molar-refractivity contribution is 6.38. The average Bonchev–Trinajstić information content (AvgIpc) is 2.56. The molecule has 0 amide bonds. The van der Waals surface area contributed by atoms with Gasteiger partial charge in [0, 0.05) is 11.2 Å². The molecule has 0 fully saturated rings. The van der Waals surface area contributed by atoms with E-state index in [9.17, 15) is 9.59 Å². The first kappa shape index (κ1) is 19.8. The van der Waals surface area contributed by atoms with Crippen LogP contribution in [0.1, 0.15) is 30.6 Å². The number of anilines is 1. The molecule has 0 unspecified atom stereocenters. The summed E-state index contributed by atoms with van der Waals surface area (Å²) in [4.78, 5) is 23.5. The number of halogens is 2. The van der Waals surface area contributed by atoms with Crippen LogP contribution in [-0.4, -0.2) is 25.2 Å². The van der Waals surface area contributed by atoms with Gasteiger partial charge in [-0.2, -0.15) is 5.26 Å². The van der Waals surface area contributed by atoms with Gasteiger partial charge in [-0.1, -0.05) is 30.1 Å². The van der Waals surface area contributed by atoms with Crippen LogP contribution in [-0.2, 0) is 14.3 Å². The number of nitrogens with zero attached hydrogens (tertiary/aromatic N) is 1. The third-order valence-electron chi connectivity index (χ3n) is 2.68. The van der Waals surface area contributed by atoms with Crippen molar-refractivity contribution >= 4 is 40.8 Å². The molecule has 0 aliphatic heterocycles. The quantitative estimate of drug-likeness (QED) is 0.444. The number of hydrogen-bond donors (Lipinski definition) is 1. The summed E-state index contributed by atoms with van der Waals surface area (Å²) in [6, 6.07) is 4.55. The lowest BCUT2D eigenvalue weighted by atomic mass is 10.2. The van der Waals surface area contributed by atoms with Crippen molar-refractivity contribution in [2.24, 2.45) is 0 Å². The van der Waals surface area contributed by atoms with Crippen LogP contribution in [0.2, 0.25) is 10.0 Å². The smallest absolute Gasteiger partial charge is 0.350 e. The highest BCUT2D eigenvalue weighted by atomic mass is 35.5. The second-order valence-corrected chi connectivity index (χ2v) is 5.30. The maximum absolute atomic E-state index is 12.0. The van der Waals surface area contributed by atoms with Gasteiger partial charge < -0.3 is 14.8 Å². The van der Waals surface area contributed by atoms with Crippen LogP contribution < -0.4 is 5.32 Å². The molecular weight excluding hydrogens is 355 g/mol. The van der Waals surface area contributed by atoms with Gasteiger partial charge in [0.2, 0.25) is 0 Å². The van der Waals surface area contributed by atoms with E-state index in [1.54, 1.807) is 13.0 Å². The summed E-state index contributed by atoms with van der Waals surface area (Å²) in [7, 11) is 0. The van der Waals surface area contributed by atoms with Gasteiger partial charge in [0.25, 0.3) is 0 Å². The Morgan fingerprint density at radius 1 is 1.29 bits per heavy atom. The van der Waals surface area contributed by atoms with Crippen LogP contribution in [0.4, 0.5) is 5.69 Å². The Hall–Kier alpha value is -2.23. The lowest BCUT2D eigenvalue weighted by Crippen LogP contribution is -2.09. The third-order valence-corrected chi connectivity index (χ3v) is 3.31. The van der Waals surface area contributed by atoms with Crippen molar-refractivity contribution in [2.75, 3.05) is 18.5 Å². The van der Waals surface area contributed by atoms with E-state index in [1.165, 1.54) is 12.1 Å². The number of benzene rings is 1. The second kappa shape index (κ2) is 9.81. The number of carbonyl (C=O) groups excluding carboxylic acids is 2. The molecule has 0 spiro atoms. The summed E-state index contributed by atoms with van der Waals surface area (Å²) in [6.45, 7) is 3.89. The maximum atomic E-state index is 12.0. The fourth-order valence-corrected chi connectivity index (χ4v) is 2.07. The monoisotopic (exact) mass is 370 g/mol. The molecule has 8 heteroatoms. The minimum atomic E-state index is -0.770. The summed E-state index contributed by atoms with van der Waals surface area (Å²) >= 11 is 12.1. The number of rotatable bonds is 7. The molecule has 1 N–H and O–H groups in total. The van der Waals surface area contributed by atoms with E-state index >= 15 is 0 Å². The second-order valence-electron chi connectivity index (χ2n) is 4.49. The van der Waals surface area contributed by atoms with Gasteiger partial charge in [0.05, 0.1) is 29.5 Å². The molecule has 24 heavy (non-hydrogen) atoms. The first-order chi connectivity index (χ1) is 11.4. The lowest BCUT2D eigenvalue weighted by Gasteiger charge is -2.10. The van der Waals surface area contributed by atoms with E-state index < -0.39 is 11.9 Å². The number of nitriles is 1. The molecule has 0 atom stereocenters. The maximum Gasteiger partial charge on any atom is 0.350 e. The predicted molar refractivity (Wildman–Crippen MR) is 91.0 cm³/mol. The molecule has 6 nitrogen and oxygen atoms in total.